The third-order valence-electron chi connectivity index (χ3n) is 4.24. The molecule has 1 fully saturated rings. The van der Waals surface area contributed by atoms with Crippen molar-refractivity contribution in [2.24, 2.45) is 5.10 Å². The molecule has 134 valence electrons. The standard InChI is InChI=1S/C16H18FN3O4S/c17-12-3-1-11(2-4-12)9-18-16(22)14-5-6-15(21)20(19-14)13-7-8-25(23,24)10-13/h1-4,13H,5-10H2,(H,18,22)/t13-/m1/s1. The van der Waals surface area contributed by atoms with E-state index in [-0.39, 0.29) is 48.3 Å². The summed E-state index contributed by atoms with van der Waals surface area (Å²) < 4.78 is 36.1. The van der Waals surface area contributed by atoms with Crippen molar-refractivity contribution in [1.29, 1.82) is 0 Å². The van der Waals surface area contributed by atoms with Crippen molar-refractivity contribution in [3.05, 3.63) is 35.6 Å². The summed E-state index contributed by atoms with van der Waals surface area (Å²) in [4.78, 5) is 24.3. The van der Waals surface area contributed by atoms with Crippen LogP contribution < -0.4 is 5.32 Å². The van der Waals surface area contributed by atoms with Crippen molar-refractivity contribution in [2.75, 3.05) is 11.5 Å². The number of hydrazone groups is 1. The van der Waals surface area contributed by atoms with Crippen LogP contribution in [0.5, 0.6) is 0 Å². The zero-order valence-corrected chi connectivity index (χ0v) is 14.3. The molecule has 2 amide bonds. The molecule has 0 radical (unpaired) electrons. The summed E-state index contributed by atoms with van der Waals surface area (Å²) in [6.45, 7) is 0.212. The van der Waals surface area contributed by atoms with Crippen molar-refractivity contribution in [2.45, 2.75) is 31.8 Å². The maximum Gasteiger partial charge on any atom is 0.267 e. The van der Waals surface area contributed by atoms with Gasteiger partial charge in [-0.3, -0.25) is 9.59 Å². The minimum absolute atomic E-state index is 0.0308. The fourth-order valence-electron chi connectivity index (χ4n) is 2.87. The summed E-state index contributed by atoms with van der Waals surface area (Å²) in [5.74, 6) is -1.12. The Balaban J connectivity index is 1.66. The lowest BCUT2D eigenvalue weighted by Crippen LogP contribution is -2.43. The van der Waals surface area contributed by atoms with Crippen molar-refractivity contribution in [3.63, 3.8) is 0 Å². The quantitative estimate of drug-likeness (QED) is 0.843. The van der Waals surface area contributed by atoms with Gasteiger partial charge in [0.25, 0.3) is 5.91 Å². The molecular formula is C16H18FN3O4S. The van der Waals surface area contributed by atoms with Gasteiger partial charge in [-0.1, -0.05) is 12.1 Å². The van der Waals surface area contributed by atoms with Gasteiger partial charge >= 0.3 is 0 Å². The van der Waals surface area contributed by atoms with Gasteiger partial charge in [-0.15, -0.1) is 0 Å². The molecule has 2 heterocycles. The molecule has 7 nitrogen and oxygen atoms in total. The maximum atomic E-state index is 12.9. The van der Waals surface area contributed by atoms with Crippen LogP contribution in [0.2, 0.25) is 0 Å². The fraction of sp³-hybridized carbons (Fsp3) is 0.438. The highest BCUT2D eigenvalue weighted by atomic mass is 32.2. The number of sulfone groups is 1. The molecule has 1 N–H and O–H groups in total. The topological polar surface area (TPSA) is 95.9 Å². The van der Waals surface area contributed by atoms with E-state index in [2.05, 4.69) is 10.4 Å². The second-order valence-electron chi connectivity index (χ2n) is 6.15. The van der Waals surface area contributed by atoms with E-state index in [1.165, 1.54) is 12.1 Å². The fourth-order valence-corrected chi connectivity index (χ4v) is 4.57. The minimum atomic E-state index is -3.15. The summed E-state index contributed by atoms with van der Waals surface area (Å²) >= 11 is 0. The van der Waals surface area contributed by atoms with Gasteiger partial charge in [0, 0.05) is 19.4 Å². The molecule has 1 atom stereocenters. The van der Waals surface area contributed by atoms with Crippen LogP contribution in [0.1, 0.15) is 24.8 Å². The van der Waals surface area contributed by atoms with E-state index in [0.29, 0.717) is 6.42 Å². The van der Waals surface area contributed by atoms with E-state index in [1.54, 1.807) is 12.1 Å². The largest absolute Gasteiger partial charge is 0.347 e. The van der Waals surface area contributed by atoms with E-state index < -0.39 is 21.8 Å². The second kappa shape index (κ2) is 6.91. The summed E-state index contributed by atoms with van der Waals surface area (Å²) in [6.07, 6.45) is 0.672. The molecule has 0 bridgehead atoms. The first kappa shape index (κ1) is 17.5. The summed E-state index contributed by atoms with van der Waals surface area (Å²) in [5.41, 5.74) is 0.937. The Morgan fingerprint density at radius 1 is 1.28 bits per heavy atom. The average Bonchev–Trinajstić information content (AvgIpc) is 2.94. The van der Waals surface area contributed by atoms with Crippen molar-refractivity contribution in [1.82, 2.24) is 10.3 Å². The number of halogens is 1. The Morgan fingerprint density at radius 3 is 2.64 bits per heavy atom. The Bertz CT molecular complexity index is 820. The highest BCUT2D eigenvalue weighted by Gasteiger charge is 2.37. The molecule has 1 aromatic carbocycles. The zero-order chi connectivity index (χ0) is 18.0. The van der Waals surface area contributed by atoms with Gasteiger partial charge in [-0.2, -0.15) is 5.10 Å². The lowest BCUT2D eigenvalue weighted by Gasteiger charge is -2.27. The molecule has 0 spiro atoms. The number of hydrogen-bond donors (Lipinski definition) is 1. The Hall–Kier alpha value is -2.29. The van der Waals surface area contributed by atoms with Crippen LogP contribution in [0, 0.1) is 5.82 Å². The molecule has 2 aliphatic rings. The third kappa shape index (κ3) is 4.22. The molecule has 2 aliphatic heterocycles. The first-order valence-corrected chi connectivity index (χ1v) is 9.79. The third-order valence-corrected chi connectivity index (χ3v) is 5.99. The summed E-state index contributed by atoms with van der Waals surface area (Å²) in [5, 5.41) is 7.94. The number of carbonyl (C=O) groups excluding carboxylic acids is 2. The maximum absolute atomic E-state index is 12.9. The predicted molar refractivity (Wildman–Crippen MR) is 88.8 cm³/mol. The normalized spacial score (nSPS) is 22.6. The van der Waals surface area contributed by atoms with Gasteiger partial charge < -0.3 is 5.32 Å². The average molecular weight is 367 g/mol. The van der Waals surface area contributed by atoms with Gasteiger partial charge in [0.15, 0.2) is 9.84 Å². The number of benzene rings is 1. The lowest BCUT2D eigenvalue weighted by molar-refractivity contribution is -0.133. The first-order chi connectivity index (χ1) is 11.8. The Labute approximate surface area is 144 Å². The summed E-state index contributed by atoms with van der Waals surface area (Å²) in [7, 11) is -3.15. The second-order valence-corrected chi connectivity index (χ2v) is 8.38. The van der Waals surface area contributed by atoms with E-state index >= 15 is 0 Å². The Kier molecular flexibility index (Phi) is 4.85. The van der Waals surface area contributed by atoms with Crippen LogP contribution in [0.15, 0.2) is 29.4 Å². The van der Waals surface area contributed by atoms with E-state index in [0.717, 1.165) is 10.6 Å². The van der Waals surface area contributed by atoms with E-state index in [4.69, 9.17) is 0 Å². The molecule has 0 aliphatic carbocycles. The van der Waals surface area contributed by atoms with E-state index in [9.17, 15) is 22.4 Å². The number of hydrogen-bond acceptors (Lipinski definition) is 5. The SMILES string of the molecule is O=C(NCc1ccc(F)cc1)C1=NN([C@@H]2CCS(=O)(=O)C2)C(=O)CC1. The number of nitrogens with zero attached hydrogens (tertiary/aromatic N) is 2. The highest BCUT2D eigenvalue weighted by Crippen LogP contribution is 2.22. The van der Waals surface area contributed by atoms with Crippen molar-refractivity contribution < 1.29 is 22.4 Å². The molecule has 25 heavy (non-hydrogen) atoms. The van der Waals surface area contributed by atoms with Crippen molar-refractivity contribution >= 4 is 27.4 Å². The Morgan fingerprint density at radius 2 is 2.00 bits per heavy atom. The number of carbonyl (C=O) groups is 2. The highest BCUT2D eigenvalue weighted by molar-refractivity contribution is 7.91. The molecule has 0 saturated carbocycles. The molecule has 1 aromatic rings. The molecule has 0 aromatic heterocycles. The minimum Gasteiger partial charge on any atom is -0.347 e. The first-order valence-electron chi connectivity index (χ1n) is 7.97. The van der Waals surface area contributed by atoms with Gasteiger partial charge in [0.2, 0.25) is 5.91 Å². The van der Waals surface area contributed by atoms with Gasteiger partial charge in [0.1, 0.15) is 11.5 Å². The molecule has 3 rings (SSSR count). The summed E-state index contributed by atoms with van der Waals surface area (Å²) in [6, 6.07) is 5.24. The van der Waals surface area contributed by atoms with E-state index in [1.807, 2.05) is 0 Å². The number of rotatable bonds is 4. The van der Waals surface area contributed by atoms with Crippen LogP contribution in [0.25, 0.3) is 0 Å². The van der Waals surface area contributed by atoms with Crippen molar-refractivity contribution in [3.8, 4) is 0 Å². The van der Waals surface area contributed by atoms with Crippen LogP contribution in [0.4, 0.5) is 4.39 Å². The smallest absolute Gasteiger partial charge is 0.267 e. The van der Waals surface area contributed by atoms with Gasteiger partial charge in [-0.05, 0) is 24.1 Å². The van der Waals surface area contributed by atoms with Crippen LogP contribution >= 0.6 is 0 Å². The molecule has 0 unspecified atom stereocenters. The number of amides is 2. The van der Waals surface area contributed by atoms with Crippen LogP contribution in [-0.2, 0) is 26.0 Å². The zero-order valence-electron chi connectivity index (χ0n) is 13.4. The van der Waals surface area contributed by atoms with Gasteiger partial charge in [0.05, 0.1) is 17.5 Å². The van der Waals surface area contributed by atoms with Gasteiger partial charge in [-0.25, -0.2) is 17.8 Å². The number of nitrogens with one attached hydrogen (secondary N) is 1. The lowest BCUT2D eigenvalue weighted by atomic mass is 10.1. The molecular weight excluding hydrogens is 349 g/mol. The molecule has 1 saturated heterocycles. The molecule has 9 heteroatoms. The van der Waals surface area contributed by atoms with Crippen LogP contribution in [-0.4, -0.2) is 48.5 Å². The monoisotopic (exact) mass is 367 g/mol. The predicted octanol–water partition coefficient (Wildman–Crippen LogP) is 0.607. The van der Waals surface area contributed by atoms with Crippen LogP contribution in [0.3, 0.4) is 0 Å².